The number of pyridine rings is 1. The van der Waals surface area contributed by atoms with E-state index >= 15 is 0 Å². The molecule has 0 saturated heterocycles. The van der Waals surface area contributed by atoms with Crippen molar-refractivity contribution in [1.82, 2.24) is 14.9 Å². The van der Waals surface area contributed by atoms with E-state index in [2.05, 4.69) is 44.5 Å². The maximum Gasteiger partial charge on any atom is 0.0706 e. The molecule has 0 aromatic carbocycles. The van der Waals surface area contributed by atoms with E-state index in [1.807, 2.05) is 29.0 Å². The summed E-state index contributed by atoms with van der Waals surface area (Å²) in [7, 11) is 0. The SMILES string of the molecule is Brc1ccc(CNCc2cnn3ccccc23)s1. The Bertz CT molecular complexity index is 659. The fraction of sp³-hybridized carbons (Fsp3) is 0.154. The molecular weight excluding hydrogens is 310 g/mol. The maximum atomic E-state index is 4.32. The second-order valence-corrected chi connectivity index (χ2v) is 6.56. The molecule has 0 radical (unpaired) electrons. The third-order valence-corrected chi connectivity index (χ3v) is 4.37. The molecule has 0 spiro atoms. The van der Waals surface area contributed by atoms with Crippen molar-refractivity contribution in [2.75, 3.05) is 0 Å². The highest BCUT2D eigenvalue weighted by Crippen LogP contribution is 2.21. The van der Waals surface area contributed by atoms with Crippen LogP contribution in [0.1, 0.15) is 10.4 Å². The first kappa shape index (κ1) is 11.9. The first-order valence-electron chi connectivity index (χ1n) is 5.69. The second kappa shape index (κ2) is 5.22. The van der Waals surface area contributed by atoms with Crippen molar-refractivity contribution in [2.24, 2.45) is 0 Å². The molecule has 3 nitrogen and oxygen atoms in total. The molecule has 0 atom stereocenters. The van der Waals surface area contributed by atoms with Gasteiger partial charge < -0.3 is 5.32 Å². The summed E-state index contributed by atoms with van der Waals surface area (Å²) in [4.78, 5) is 1.33. The third-order valence-electron chi connectivity index (χ3n) is 2.75. The molecule has 0 aliphatic heterocycles. The summed E-state index contributed by atoms with van der Waals surface area (Å²) >= 11 is 5.23. The number of hydrogen-bond donors (Lipinski definition) is 1. The maximum absolute atomic E-state index is 4.32. The summed E-state index contributed by atoms with van der Waals surface area (Å²) in [6, 6.07) is 10.3. The minimum absolute atomic E-state index is 0.836. The van der Waals surface area contributed by atoms with Crippen LogP contribution in [-0.4, -0.2) is 9.61 Å². The molecule has 3 aromatic heterocycles. The molecule has 18 heavy (non-hydrogen) atoms. The predicted octanol–water partition coefficient (Wildman–Crippen LogP) is 3.45. The van der Waals surface area contributed by atoms with Gasteiger partial charge in [0.15, 0.2) is 0 Å². The van der Waals surface area contributed by atoms with Crippen LogP contribution in [0.2, 0.25) is 0 Å². The van der Waals surface area contributed by atoms with Gasteiger partial charge in [0.2, 0.25) is 0 Å². The molecule has 5 heteroatoms. The van der Waals surface area contributed by atoms with Crippen LogP contribution in [0.5, 0.6) is 0 Å². The number of rotatable bonds is 4. The number of halogens is 1. The number of nitrogens with one attached hydrogen (secondary N) is 1. The minimum Gasteiger partial charge on any atom is -0.308 e. The predicted molar refractivity (Wildman–Crippen MR) is 77.8 cm³/mol. The van der Waals surface area contributed by atoms with E-state index in [0.29, 0.717) is 0 Å². The highest BCUT2D eigenvalue weighted by Gasteiger charge is 2.03. The summed E-state index contributed by atoms with van der Waals surface area (Å²) in [5, 5.41) is 7.77. The molecule has 0 fully saturated rings. The molecule has 0 amide bonds. The smallest absolute Gasteiger partial charge is 0.0706 e. The van der Waals surface area contributed by atoms with Gasteiger partial charge in [-0.3, -0.25) is 0 Å². The summed E-state index contributed by atoms with van der Waals surface area (Å²) < 4.78 is 3.08. The highest BCUT2D eigenvalue weighted by molar-refractivity contribution is 9.11. The van der Waals surface area contributed by atoms with Crippen molar-refractivity contribution in [3.8, 4) is 0 Å². The molecule has 1 N–H and O–H groups in total. The lowest BCUT2D eigenvalue weighted by Crippen LogP contribution is -2.11. The van der Waals surface area contributed by atoms with Gasteiger partial charge >= 0.3 is 0 Å². The molecule has 0 saturated carbocycles. The van der Waals surface area contributed by atoms with E-state index in [0.717, 1.165) is 18.6 Å². The van der Waals surface area contributed by atoms with Gasteiger partial charge in [0.05, 0.1) is 15.5 Å². The van der Waals surface area contributed by atoms with E-state index in [1.165, 1.54) is 14.2 Å². The Hall–Kier alpha value is -1.17. The van der Waals surface area contributed by atoms with Crippen LogP contribution in [0.15, 0.2) is 46.5 Å². The van der Waals surface area contributed by atoms with Gasteiger partial charge in [-0.15, -0.1) is 11.3 Å². The van der Waals surface area contributed by atoms with E-state index in [9.17, 15) is 0 Å². The Morgan fingerprint density at radius 1 is 1.22 bits per heavy atom. The lowest BCUT2D eigenvalue weighted by Gasteiger charge is -2.01. The average Bonchev–Trinajstić information content (AvgIpc) is 2.97. The topological polar surface area (TPSA) is 29.3 Å². The van der Waals surface area contributed by atoms with Gasteiger partial charge in [-0.25, -0.2) is 4.52 Å². The van der Waals surface area contributed by atoms with Crippen molar-refractivity contribution >= 4 is 32.8 Å². The van der Waals surface area contributed by atoms with Crippen LogP contribution in [-0.2, 0) is 13.1 Å². The van der Waals surface area contributed by atoms with Crippen molar-refractivity contribution in [3.05, 3.63) is 57.0 Å². The van der Waals surface area contributed by atoms with Crippen molar-refractivity contribution in [2.45, 2.75) is 13.1 Å². The molecule has 92 valence electrons. The summed E-state index contributed by atoms with van der Waals surface area (Å²) in [6.07, 6.45) is 3.89. The Morgan fingerprint density at radius 3 is 3.00 bits per heavy atom. The monoisotopic (exact) mass is 321 g/mol. The quantitative estimate of drug-likeness (QED) is 0.797. The zero-order valence-electron chi connectivity index (χ0n) is 9.64. The largest absolute Gasteiger partial charge is 0.308 e. The first-order valence-corrected chi connectivity index (χ1v) is 7.30. The van der Waals surface area contributed by atoms with Crippen LogP contribution in [0.4, 0.5) is 0 Å². The third kappa shape index (κ3) is 2.48. The summed E-state index contributed by atoms with van der Waals surface area (Å²) in [6.45, 7) is 1.73. The zero-order valence-corrected chi connectivity index (χ0v) is 12.0. The highest BCUT2D eigenvalue weighted by atomic mass is 79.9. The number of fused-ring (bicyclic) bond motifs is 1. The fourth-order valence-electron chi connectivity index (χ4n) is 1.89. The van der Waals surface area contributed by atoms with Crippen LogP contribution in [0.3, 0.4) is 0 Å². The molecule has 0 aliphatic rings. The van der Waals surface area contributed by atoms with Gasteiger partial charge in [-0.2, -0.15) is 5.10 Å². The van der Waals surface area contributed by atoms with Crippen LogP contribution < -0.4 is 5.32 Å². The minimum atomic E-state index is 0.836. The standard InChI is InChI=1S/C13H12BrN3S/c14-13-5-4-11(18-13)9-15-7-10-8-16-17-6-2-1-3-12(10)17/h1-6,8,15H,7,9H2. The van der Waals surface area contributed by atoms with E-state index in [-0.39, 0.29) is 0 Å². The normalized spacial score (nSPS) is 11.2. The molecular formula is C13H12BrN3S. The zero-order chi connectivity index (χ0) is 12.4. The molecule has 0 unspecified atom stereocenters. The van der Waals surface area contributed by atoms with Crippen molar-refractivity contribution in [1.29, 1.82) is 0 Å². The molecule has 3 aromatic rings. The van der Waals surface area contributed by atoms with Gasteiger partial charge in [0, 0.05) is 29.7 Å². The number of thiophene rings is 1. The Balaban J connectivity index is 1.66. The van der Waals surface area contributed by atoms with E-state index in [1.54, 1.807) is 11.3 Å². The fourth-order valence-corrected chi connectivity index (χ4v) is 3.34. The Morgan fingerprint density at radius 2 is 2.17 bits per heavy atom. The van der Waals surface area contributed by atoms with Gasteiger partial charge in [-0.1, -0.05) is 6.07 Å². The lowest BCUT2D eigenvalue weighted by atomic mass is 10.2. The molecule has 3 rings (SSSR count). The number of aromatic nitrogens is 2. The molecule has 0 bridgehead atoms. The average molecular weight is 322 g/mol. The van der Waals surface area contributed by atoms with E-state index < -0.39 is 0 Å². The molecule has 0 aliphatic carbocycles. The van der Waals surface area contributed by atoms with Crippen LogP contribution in [0, 0.1) is 0 Å². The Kier molecular flexibility index (Phi) is 3.45. The van der Waals surface area contributed by atoms with Gasteiger partial charge in [-0.05, 0) is 40.2 Å². The first-order chi connectivity index (χ1) is 8.83. The number of hydrogen-bond acceptors (Lipinski definition) is 3. The van der Waals surface area contributed by atoms with Crippen LogP contribution in [0.25, 0.3) is 5.52 Å². The Labute approximate surface area is 118 Å². The van der Waals surface area contributed by atoms with E-state index in [4.69, 9.17) is 0 Å². The summed E-state index contributed by atoms with van der Waals surface area (Å²) in [5.74, 6) is 0. The number of nitrogens with zero attached hydrogens (tertiary/aromatic N) is 2. The van der Waals surface area contributed by atoms with Crippen molar-refractivity contribution < 1.29 is 0 Å². The molecule has 3 heterocycles. The lowest BCUT2D eigenvalue weighted by molar-refractivity contribution is 0.704. The van der Waals surface area contributed by atoms with Gasteiger partial charge in [0.1, 0.15) is 0 Å². The second-order valence-electron chi connectivity index (χ2n) is 4.01. The van der Waals surface area contributed by atoms with Crippen molar-refractivity contribution in [3.63, 3.8) is 0 Å². The summed E-state index contributed by atoms with van der Waals surface area (Å²) in [5.41, 5.74) is 2.39. The van der Waals surface area contributed by atoms with Crippen LogP contribution >= 0.6 is 27.3 Å². The van der Waals surface area contributed by atoms with Gasteiger partial charge in [0.25, 0.3) is 0 Å².